The van der Waals surface area contributed by atoms with E-state index in [1.807, 2.05) is 0 Å². The third kappa shape index (κ3) is 1.44. The van der Waals surface area contributed by atoms with Crippen LogP contribution in [0.4, 0.5) is 4.39 Å². The van der Waals surface area contributed by atoms with Crippen LogP contribution in [0.2, 0.25) is 0 Å². The van der Waals surface area contributed by atoms with Gasteiger partial charge in [0.2, 0.25) is 0 Å². The number of rotatable bonds is 1. The molecule has 1 heterocycles. The molecule has 0 aliphatic rings. The van der Waals surface area contributed by atoms with E-state index in [-0.39, 0.29) is 5.06 Å². The summed E-state index contributed by atoms with van der Waals surface area (Å²) < 4.78 is 13.0. The van der Waals surface area contributed by atoms with Gasteiger partial charge >= 0.3 is 0 Å². The van der Waals surface area contributed by atoms with Gasteiger partial charge in [-0.15, -0.1) is 0 Å². The van der Waals surface area contributed by atoms with Gasteiger partial charge in [-0.2, -0.15) is 0 Å². The van der Waals surface area contributed by atoms with Crippen LogP contribution in [0.3, 0.4) is 0 Å². The van der Waals surface area contributed by atoms with E-state index in [2.05, 4.69) is 4.98 Å². The van der Waals surface area contributed by atoms with Crippen LogP contribution >= 0.6 is 11.3 Å². The second-order valence-corrected chi connectivity index (χ2v) is 3.49. The molecule has 56 valence electrons. The fraction of sp³-hybridized carbons (Fsp3) is 0.500. The Kier molecular flexibility index (Phi) is 1.64. The Bertz CT molecular complexity index is 228. The number of hydrogen-bond acceptors (Lipinski definition) is 3. The first kappa shape index (κ1) is 7.47. The van der Waals surface area contributed by atoms with E-state index < -0.39 is 5.67 Å². The van der Waals surface area contributed by atoms with Gasteiger partial charge in [0.05, 0.1) is 6.20 Å². The maximum atomic E-state index is 13.0. The molecule has 0 spiro atoms. The van der Waals surface area contributed by atoms with Gasteiger partial charge in [-0.1, -0.05) is 11.3 Å². The van der Waals surface area contributed by atoms with Crippen LogP contribution in [0.1, 0.15) is 18.9 Å². The van der Waals surface area contributed by atoms with E-state index in [1.54, 1.807) is 0 Å². The lowest BCUT2D eigenvalue weighted by molar-refractivity contribution is 0.220. The van der Waals surface area contributed by atoms with Crippen molar-refractivity contribution in [2.75, 3.05) is 0 Å². The molecular formula is C6H8FNOS. The summed E-state index contributed by atoms with van der Waals surface area (Å²) in [4.78, 5) is 3.68. The van der Waals surface area contributed by atoms with Crippen molar-refractivity contribution in [3.8, 4) is 5.06 Å². The van der Waals surface area contributed by atoms with Gasteiger partial charge in [0, 0.05) is 0 Å². The summed E-state index contributed by atoms with van der Waals surface area (Å²) in [7, 11) is 0. The third-order valence-corrected chi connectivity index (χ3v) is 2.10. The van der Waals surface area contributed by atoms with Gasteiger partial charge < -0.3 is 5.11 Å². The molecule has 0 atom stereocenters. The van der Waals surface area contributed by atoms with Crippen molar-refractivity contribution in [1.29, 1.82) is 0 Å². The molecule has 1 aromatic heterocycles. The summed E-state index contributed by atoms with van der Waals surface area (Å²) in [5.41, 5.74) is -1.44. The van der Waals surface area contributed by atoms with E-state index in [0.717, 1.165) is 11.3 Å². The van der Waals surface area contributed by atoms with Crippen molar-refractivity contribution < 1.29 is 9.50 Å². The number of nitrogens with zero attached hydrogens (tertiary/aromatic N) is 1. The van der Waals surface area contributed by atoms with Gasteiger partial charge in [-0.3, -0.25) is 0 Å². The van der Waals surface area contributed by atoms with E-state index in [9.17, 15) is 4.39 Å². The molecule has 10 heavy (non-hydrogen) atoms. The largest absolute Gasteiger partial charge is 0.498 e. The minimum Gasteiger partial charge on any atom is -0.498 e. The summed E-state index contributed by atoms with van der Waals surface area (Å²) >= 11 is 0.964. The summed E-state index contributed by atoms with van der Waals surface area (Å²) in [5.74, 6) is 0. The van der Waals surface area contributed by atoms with Gasteiger partial charge in [-0.25, -0.2) is 9.37 Å². The average molecular weight is 161 g/mol. The zero-order valence-corrected chi connectivity index (χ0v) is 6.57. The van der Waals surface area contributed by atoms with Crippen molar-refractivity contribution in [3.05, 3.63) is 11.2 Å². The van der Waals surface area contributed by atoms with Crippen LogP contribution in [0.15, 0.2) is 6.20 Å². The predicted octanol–water partition coefficient (Wildman–Crippen LogP) is 2.05. The molecule has 4 heteroatoms. The highest BCUT2D eigenvalue weighted by atomic mass is 32.1. The van der Waals surface area contributed by atoms with Crippen molar-refractivity contribution in [2.45, 2.75) is 19.5 Å². The molecule has 0 fully saturated rings. The standard InChI is InChI=1S/C6H8FNOS/c1-6(2,7)5-8-3-4(9)10-5/h3,9H,1-2H3. The van der Waals surface area contributed by atoms with E-state index in [0.29, 0.717) is 5.01 Å². The molecule has 0 amide bonds. The SMILES string of the molecule is CC(C)(F)c1ncc(O)s1. The highest BCUT2D eigenvalue weighted by Gasteiger charge is 2.22. The summed E-state index contributed by atoms with van der Waals surface area (Å²) in [6.07, 6.45) is 1.25. The Morgan fingerprint density at radius 3 is 2.50 bits per heavy atom. The number of hydrogen-bond donors (Lipinski definition) is 1. The average Bonchev–Trinajstić information content (AvgIpc) is 2.11. The Labute approximate surface area is 62.3 Å². The topological polar surface area (TPSA) is 33.1 Å². The second kappa shape index (κ2) is 2.20. The lowest BCUT2D eigenvalue weighted by atomic mass is 10.2. The number of halogens is 1. The number of aromatic hydroxyl groups is 1. The molecule has 0 radical (unpaired) electrons. The van der Waals surface area contributed by atoms with E-state index >= 15 is 0 Å². The fourth-order valence-electron chi connectivity index (χ4n) is 0.540. The fourth-order valence-corrected chi connectivity index (χ4v) is 1.19. The zero-order chi connectivity index (χ0) is 7.78. The third-order valence-electron chi connectivity index (χ3n) is 1.00. The summed E-state index contributed by atoms with van der Waals surface area (Å²) in [5, 5.41) is 9.17. The Morgan fingerprint density at radius 1 is 1.70 bits per heavy atom. The second-order valence-electron chi connectivity index (χ2n) is 2.48. The van der Waals surface area contributed by atoms with Crippen molar-refractivity contribution in [3.63, 3.8) is 0 Å². The monoisotopic (exact) mass is 161 g/mol. The highest BCUT2D eigenvalue weighted by molar-refractivity contribution is 7.13. The van der Waals surface area contributed by atoms with Crippen LogP contribution in [0.5, 0.6) is 5.06 Å². The van der Waals surface area contributed by atoms with E-state index in [1.165, 1.54) is 20.0 Å². The maximum Gasteiger partial charge on any atom is 0.191 e. The predicted molar refractivity (Wildman–Crippen MR) is 37.9 cm³/mol. The van der Waals surface area contributed by atoms with Crippen LogP contribution in [-0.4, -0.2) is 10.1 Å². The quantitative estimate of drug-likeness (QED) is 0.683. The van der Waals surface area contributed by atoms with Crippen LogP contribution < -0.4 is 0 Å². The minimum atomic E-state index is -1.44. The molecule has 0 unspecified atom stereocenters. The molecule has 1 N–H and O–H groups in total. The highest BCUT2D eigenvalue weighted by Crippen LogP contribution is 2.31. The normalized spacial score (nSPS) is 11.9. The molecule has 0 aliphatic carbocycles. The van der Waals surface area contributed by atoms with Crippen molar-refractivity contribution in [2.24, 2.45) is 0 Å². The molecule has 0 bridgehead atoms. The first-order valence-corrected chi connectivity index (χ1v) is 3.66. The van der Waals surface area contributed by atoms with Crippen LogP contribution in [0.25, 0.3) is 0 Å². The molecule has 0 saturated heterocycles. The Morgan fingerprint density at radius 2 is 2.30 bits per heavy atom. The smallest absolute Gasteiger partial charge is 0.191 e. The van der Waals surface area contributed by atoms with Crippen molar-refractivity contribution in [1.82, 2.24) is 4.98 Å². The Balaban J connectivity index is 2.96. The molecule has 0 saturated carbocycles. The van der Waals surface area contributed by atoms with E-state index in [4.69, 9.17) is 5.11 Å². The lowest BCUT2D eigenvalue weighted by Gasteiger charge is -2.07. The molecule has 0 aromatic carbocycles. The molecule has 2 nitrogen and oxygen atoms in total. The van der Waals surface area contributed by atoms with Gasteiger partial charge in [0.15, 0.2) is 10.7 Å². The van der Waals surface area contributed by atoms with Crippen LogP contribution in [-0.2, 0) is 5.67 Å². The minimum absolute atomic E-state index is 0.0562. The van der Waals surface area contributed by atoms with Crippen molar-refractivity contribution >= 4 is 11.3 Å². The summed E-state index contributed by atoms with van der Waals surface area (Å²) in [6, 6.07) is 0. The molecular weight excluding hydrogens is 153 g/mol. The number of alkyl halides is 1. The molecule has 1 rings (SSSR count). The first-order valence-electron chi connectivity index (χ1n) is 2.84. The maximum absolute atomic E-state index is 13.0. The van der Waals surface area contributed by atoms with Gasteiger partial charge in [0.1, 0.15) is 5.01 Å². The molecule has 1 aromatic rings. The van der Waals surface area contributed by atoms with Crippen LogP contribution in [0, 0.1) is 0 Å². The van der Waals surface area contributed by atoms with Gasteiger partial charge in [-0.05, 0) is 13.8 Å². The zero-order valence-electron chi connectivity index (χ0n) is 5.76. The number of aromatic nitrogens is 1. The summed E-state index contributed by atoms with van der Waals surface area (Å²) in [6.45, 7) is 2.82. The first-order chi connectivity index (χ1) is 4.50. The number of thiazole rings is 1. The molecule has 0 aliphatic heterocycles. The Hall–Kier alpha value is -0.640. The van der Waals surface area contributed by atoms with Gasteiger partial charge in [0.25, 0.3) is 0 Å². The lowest BCUT2D eigenvalue weighted by Crippen LogP contribution is -2.07.